The van der Waals surface area contributed by atoms with Crippen LogP contribution in [0.3, 0.4) is 0 Å². The Morgan fingerprint density at radius 2 is 1.74 bits per heavy atom. The zero-order chi connectivity index (χ0) is 16.8. The lowest BCUT2D eigenvalue weighted by atomic mass is 9.42. The zero-order valence-electron chi connectivity index (χ0n) is 15.4. The summed E-state index contributed by atoms with van der Waals surface area (Å²) >= 11 is 0. The molecule has 0 saturated carbocycles. The molecule has 0 bridgehead atoms. The second-order valence-corrected chi connectivity index (χ2v) is 8.49. The van der Waals surface area contributed by atoms with Gasteiger partial charge in [0.1, 0.15) is 5.52 Å². The lowest BCUT2D eigenvalue weighted by Gasteiger charge is -2.35. The first-order valence-electron chi connectivity index (χ1n) is 9.00. The largest absolute Gasteiger partial charge is 0.236 e. The minimum Gasteiger partial charge on any atom is -0.236 e. The molecule has 3 rings (SSSR count). The van der Waals surface area contributed by atoms with Gasteiger partial charge < -0.3 is 0 Å². The van der Waals surface area contributed by atoms with Crippen molar-refractivity contribution in [3.8, 4) is 0 Å². The second-order valence-electron chi connectivity index (χ2n) is 8.49. The van der Waals surface area contributed by atoms with Crippen molar-refractivity contribution < 1.29 is 0 Å². The molecule has 2 aromatic heterocycles. The average molecular weight is 312 g/mol. The van der Waals surface area contributed by atoms with E-state index >= 15 is 0 Å². The molecule has 1 saturated heterocycles. The monoisotopic (exact) mass is 312 g/mol. The number of pyridine rings is 1. The molecule has 0 N–H and O–H groups in total. The highest BCUT2D eigenvalue weighted by Crippen LogP contribution is 2.52. The molecule has 0 atom stereocenters. The maximum absolute atomic E-state index is 4.74. The highest BCUT2D eigenvalue weighted by Gasteiger charge is 2.48. The summed E-state index contributed by atoms with van der Waals surface area (Å²) in [5, 5.41) is 8.76. The number of aromatic nitrogens is 4. The van der Waals surface area contributed by atoms with Crippen LogP contribution in [0, 0.1) is 10.8 Å². The first-order chi connectivity index (χ1) is 10.8. The molecule has 0 unspecified atom stereocenters. The highest BCUT2D eigenvalue weighted by atomic mass is 15.4. The molecule has 0 aromatic carbocycles. The first-order valence-corrected chi connectivity index (χ1v) is 9.00. The first kappa shape index (κ1) is 16.5. The summed E-state index contributed by atoms with van der Waals surface area (Å²) in [6.45, 7) is 14.5. The van der Waals surface area contributed by atoms with Gasteiger partial charge in [-0.3, -0.25) is 0 Å². The normalized spacial score (nSPS) is 19.9. The fraction of sp³-hybridized carbons (Fsp3) is 0.722. The van der Waals surface area contributed by atoms with Crippen LogP contribution in [-0.2, 0) is 0 Å². The SMILES string of the molecule is CCC(CC)n1nnc2cc(B3CC(C)(C)C(C)(C)C3)cnc21. The molecular weight excluding hydrogens is 283 g/mol. The Bertz CT molecular complexity index is 684. The fourth-order valence-corrected chi connectivity index (χ4v) is 4.05. The van der Waals surface area contributed by atoms with E-state index in [9.17, 15) is 0 Å². The molecule has 3 heterocycles. The van der Waals surface area contributed by atoms with Crippen LogP contribution < -0.4 is 5.46 Å². The molecule has 0 radical (unpaired) electrons. The lowest BCUT2D eigenvalue weighted by Crippen LogP contribution is -2.28. The molecule has 0 aliphatic carbocycles. The fourth-order valence-electron chi connectivity index (χ4n) is 4.05. The van der Waals surface area contributed by atoms with Crippen LogP contribution in [0.5, 0.6) is 0 Å². The Hall–Kier alpha value is -1.39. The van der Waals surface area contributed by atoms with Gasteiger partial charge in [-0.25, -0.2) is 9.67 Å². The quantitative estimate of drug-likeness (QED) is 0.803. The molecule has 5 heteroatoms. The number of hydrogen-bond donors (Lipinski definition) is 0. The number of rotatable bonds is 4. The minimum absolute atomic E-state index is 0.361. The molecule has 2 aromatic rings. The summed E-state index contributed by atoms with van der Waals surface area (Å²) in [7, 11) is 0. The van der Waals surface area contributed by atoms with E-state index in [1.165, 1.54) is 18.1 Å². The summed E-state index contributed by atoms with van der Waals surface area (Å²) in [6.07, 6.45) is 6.61. The topological polar surface area (TPSA) is 43.6 Å². The smallest absolute Gasteiger partial charge is 0.179 e. The van der Waals surface area contributed by atoms with Gasteiger partial charge in [0.25, 0.3) is 0 Å². The summed E-state index contributed by atoms with van der Waals surface area (Å²) < 4.78 is 2.00. The Balaban J connectivity index is 1.94. The molecular formula is C18H29BN4. The summed E-state index contributed by atoms with van der Waals surface area (Å²) in [5.74, 6) is 0. The Kier molecular flexibility index (Phi) is 4.01. The summed E-state index contributed by atoms with van der Waals surface area (Å²) in [6, 6.07) is 2.61. The van der Waals surface area contributed by atoms with Gasteiger partial charge >= 0.3 is 0 Å². The standard InChI is InChI=1S/C18H29BN4/c1-7-14(8-2)23-16-15(21-22-23)9-13(10-20-16)19-11-17(3,4)18(5,6)12-19/h9-10,14H,7-8,11-12H2,1-6H3. The van der Waals surface area contributed by atoms with Gasteiger partial charge in [0, 0.05) is 6.20 Å². The lowest BCUT2D eigenvalue weighted by molar-refractivity contribution is 0.177. The van der Waals surface area contributed by atoms with Crippen molar-refractivity contribution in [3.05, 3.63) is 12.3 Å². The van der Waals surface area contributed by atoms with E-state index in [1.54, 1.807) is 0 Å². The van der Waals surface area contributed by atoms with Crippen molar-refractivity contribution in [2.75, 3.05) is 0 Å². The van der Waals surface area contributed by atoms with Gasteiger partial charge in [-0.05, 0) is 29.7 Å². The third-order valence-electron chi connectivity index (χ3n) is 6.44. The van der Waals surface area contributed by atoms with Crippen LogP contribution in [-0.4, -0.2) is 26.7 Å². The van der Waals surface area contributed by atoms with Gasteiger partial charge in [0.15, 0.2) is 12.4 Å². The molecule has 1 fully saturated rings. The van der Waals surface area contributed by atoms with E-state index in [2.05, 4.69) is 64.1 Å². The Morgan fingerprint density at radius 1 is 1.13 bits per heavy atom. The third kappa shape index (κ3) is 2.68. The molecule has 4 nitrogen and oxygen atoms in total. The third-order valence-corrected chi connectivity index (χ3v) is 6.44. The van der Waals surface area contributed by atoms with Gasteiger partial charge in [0.2, 0.25) is 0 Å². The van der Waals surface area contributed by atoms with Crippen LogP contribution in [0.15, 0.2) is 12.3 Å². The van der Waals surface area contributed by atoms with E-state index in [-0.39, 0.29) is 0 Å². The number of nitrogens with zero attached hydrogens (tertiary/aromatic N) is 4. The predicted octanol–water partition coefficient (Wildman–Crippen LogP) is 3.96. The van der Waals surface area contributed by atoms with Crippen LogP contribution in [0.4, 0.5) is 0 Å². The summed E-state index contributed by atoms with van der Waals surface area (Å²) in [5.41, 5.74) is 3.92. The minimum atomic E-state index is 0.361. The van der Waals surface area contributed by atoms with Gasteiger partial charge in [0.05, 0.1) is 6.04 Å². The maximum atomic E-state index is 4.74. The number of fused-ring (bicyclic) bond motifs is 1. The van der Waals surface area contributed by atoms with E-state index < -0.39 is 0 Å². The summed E-state index contributed by atoms with van der Waals surface area (Å²) in [4.78, 5) is 4.74. The van der Waals surface area contributed by atoms with Crippen molar-refractivity contribution in [1.82, 2.24) is 20.0 Å². The molecule has 0 spiro atoms. The van der Waals surface area contributed by atoms with Crippen LogP contribution >= 0.6 is 0 Å². The van der Waals surface area contributed by atoms with E-state index in [0.29, 0.717) is 23.6 Å². The van der Waals surface area contributed by atoms with Crippen LogP contribution in [0.25, 0.3) is 11.2 Å². The van der Waals surface area contributed by atoms with E-state index in [4.69, 9.17) is 4.98 Å². The van der Waals surface area contributed by atoms with Crippen molar-refractivity contribution in [2.24, 2.45) is 10.8 Å². The number of hydrogen-bond acceptors (Lipinski definition) is 3. The maximum Gasteiger partial charge on any atom is 0.179 e. The predicted molar refractivity (Wildman–Crippen MR) is 97.5 cm³/mol. The molecule has 124 valence electrons. The molecule has 1 aliphatic rings. The van der Waals surface area contributed by atoms with Gasteiger partial charge in [-0.15, -0.1) is 5.10 Å². The van der Waals surface area contributed by atoms with Crippen LogP contribution in [0.1, 0.15) is 60.4 Å². The van der Waals surface area contributed by atoms with Crippen molar-refractivity contribution >= 4 is 23.3 Å². The molecule has 0 amide bonds. The van der Waals surface area contributed by atoms with Crippen molar-refractivity contribution in [1.29, 1.82) is 0 Å². The Morgan fingerprint density at radius 3 is 2.30 bits per heavy atom. The van der Waals surface area contributed by atoms with E-state index in [1.807, 2.05) is 4.68 Å². The molecule has 23 heavy (non-hydrogen) atoms. The van der Waals surface area contributed by atoms with Crippen molar-refractivity contribution in [2.45, 2.75) is 73.1 Å². The molecule has 1 aliphatic heterocycles. The van der Waals surface area contributed by atoms with Gasteiger partial charge in [-0.1, -0.05) is 64.9 Å². The highest BCUT2D eigenvalue weighted by molar-refractivity contribution is 6.74. The Labute approximate surface area is 140 Å². The second kappa shape index (κ2) is 5.61. The van der Waals surface area contributed by atoms with Gasteiger partial charge in [-0.2, -0.15) is 0 Å². The van der Waals surface area contributed by atoms with E-state index in [0.717, 1.165) is 24.0 Å². The average Bonchev–Trinajstić information content (AvgIpc) is 2.99. The zero-order valence-corrected chi connectivity index (χ0v) is 15.4. The van der Waals surface area contributed by atoms with Crippen molar-refractivity contribution in [3.63, 3.8) is 0 Å². The van der Waals surface area contributed by atoms with Crippen LogP contribution in [0.2, 0.25) is 12.6 Å².